The Morgan fingerprint density at radius 3 is 2.68 bits per heavy atom. The molecule has 0 saturated heterocycles. The normalized spacial score (nSPS) is 11.8. The van der Waals surface area contributed by atoms with Gasteiger partial charge in [0.2, 0.25) is 0 Å². The van der Waals surface area contributed by atoms with E-state index in [1.165, 1.54) is 0 Å². The molecule has 2 heterocycles. The Labute approximate surface area is 118 Å². The molecule has 1 aromatic carbocycles. The van der Waals surface area contributed by atoms with E-state index in [0.29, 0.717) is 11.3 Å². The summed E-state index contributed by atoms with van der Waals surface area (Å²) in [6.45, 7) is 4.19. The number of fused-ring (bicyclic) bond motifs is 3. The van der Waals surface area contributed by atoms with Crippen LogP contribution in [-0.4, -0.2) is 14.2 Å². The number of aryl methyl sites for hydroxylation is 1. The van der Waals surface area contributed by atoms with E-state index in [4.69, 9.17) is 0 Å². The van der Waals surface area contributed by atoms with E-state index in [1.807, 2.05) is 28.8 Å². The lowest BCUT2D eigenvalue weighted by atomic mass is 10.1. The van der Waals surface area contributed by atoms with Crippen molar-refractivity contribution in [1.29, 1.82) is 0 Å². The monoisotopic (exact) mass is 319 g/mol. The highest BCUT2D eigenvalue weighted by Crippen LogP contribution is 2.21. The van der Waals surface area contributed by atoms with Gasteiger partial charge in [0.25, 0.3) is 5.56 Å². The van der Waals surface area contributed by atoms with Crippen molar-refractivity contribution in [2.24, 2.45) is 7.05 Å². The topological polar surface area (TPSA) is 39.3 Å². The van der Waals surface area contributed by atoms with Crippen molar-refractivity contribution in [1.82, 2.24) is 14.2 Å². The molecule has 0 saturated carbocycles. The lowest BCUT2D eigenvalue weighted by Crippen LogP contribution is -2.19. The minimum Gasteiger partial charge on any atom is -0.296 e. The van der Waals surface area contributed by atoms with Gasteiger partial charge < -0.3 is 0 Å². The predicted molar refractivity (Wildman–Crippen MR) is 79.7 cm³/mol. The number of hydrogen-bond acceptors (Lipinski definition) is 2. The standard InChI is InChI=1S/C14H14BrN3O/c1-8(2)11-7-13-17(3)14(19)10-5-4-9(15)6-12(10)18(13)16-11/h4-8H,1-3H3. The Bertz CT molecular complexity index is 845. The first-order chi connectivity index (χ1) is 8.99. The Morgan fingerprint density at radius 1 is 1.26 bits per heavy atom. The van der Waals surface area contributed by atoms with Crippen LogP contribution in [0.4, 0.5) is 0 Å². The van der Waals surface area contributed by atoms with E-state index in [9.17, 15) is 4.79 Å². The maximum Gasteiger partial charge on any atom is 0.261 e. The molecule has 0 bridgehead atoms. The van der Waals surface area contributed by atoms with Gasteiger partial charge in [-0.15, -0.1) is 0 Å². The minimum atomic E-state index is 0.00482. The van der Waals surface area contributed by atoms with Crippen LogP contribution in [0.1, 0.15) is 25.5 Å². The number of benzene rings is 1. The molecule has 0 fully saturated rings. The molecule has 0 atom stereocenters. The first-order valence-corrected chi connectivity index (χ1v) is 6.96. The second-order valence-corrected chi connectivity index (χ2v) is 5.94. The smallest absolute Gasteiger partial charge is 0.261 e. The highest BCUT2D eigenvalue weighted by molar-refractivity contribution is 9.10. The number of rotatable bonds is 1. The summed E-state index contributed by atoms with van der Waals surface area (Å²) in [6, 6.07) is 7.62. The van der Waals surface area contributed by atoms with Gasteiger partial charge >= 0.3 is 0 Å². The van der Waals surface area contributed by atoms with E-state index in [0.717, 1.165) is 21.3 Å². The van der Waals surface area contributed by atoms with Crippen molar-refractivity contribution in [2.45, 2.75) is 19.8 Å². The summed E-state index contributed by atoms with van der Waals surface area (Å²) >= 11 is 3.45. The summed E-state index contributed by atoms with van der Waals surface area (Å²) in [5.41, 5.74) is 2.64. The van der Waals surface area contributed by atoms with Gasteiger partial charge in [-0.1, -0.05) is 29.8 Å². The third-order valence-electron chi connectivity index (χ3n) is 3.37. The summed E-state index contributed by atoms with van der Waals surface area (Å²) in [6.07, 6.45) is 0. The minimum absolute atomic E-state index is 0.00482. The largest absolute Gasteiger partial charge is 0.296 e. The predicted octanol–water partition coefficient (Wildman–Crippen LogP) is 3.07. The Hall–Kier alpha value is -1.62. The van der Waals surface area contributed by atoms with Crippen LogP contribution in [0.5, 0.6) is 0 Å². The first-order valence-electron chi connectivity index (χ1n) is 6.17. The molecule has 19 heavy (non-hydrogen) atoms. The molecule has 0 amide bonds. The van der Waals surface area contributed by atoms with Crippen molar-refractivity contribution in [2.75, 3.05) is 0 Å². The van der Waals surface area contributed by atoms with Crippen molar-refractivity contribution < 1.29 is 0 Å². The van der Waals surface area contributed by atoms with E-state index in [2.05, 4.69) is 34.9 Å². The lowest BCUT2D eigenvalue weighted by Gasteiger charge is -2.06. The SMILES string of the molecule is CC(C)c1cc2n(C)c(=O)c3ccc(Br)cc3n2n1. The zero-order chi connectivity index (χ0) is 13.7. The summed E-state index contributed by atoms with van der Waals surface area (Å²) in [5, 5.41) is 5.30. The van der Waals surface area contributed by atoms with Gasteiger partial charge in [0.15, 0.2) is 0 Å². The summed E-state index contributed by atoms with van der Waals surface area (Å²) in [4.78, 5) is 12.3. The van der Waals surface area contributed by atoms with E-state index in [1.54, 1.807) is 11.6 Å². The summed E-state index contributed by atoms with van der Waals surface area (Å²) in [7, 11) is 1.78. The molecule has 0 aliphatic carbocycles. The number of halogens is 1. The van der Waals surface area contributed by atoms with Crippen molar-refractivity contribution in [3.05, 3.63) is 44.8 Å². The lowest BCUT2D eigenvalue weighted by molar-refractivity contribution is 0.786. The first kappa shape index (κ1) is 12.4. The molecule has 5 heteroatoms. The quantitative estimate of drug-likeness (QED) is 0.691. The molecule has 4 nitrogen and oxygen atoms in total. The van der Waals surface area contributed by atoms with E-state index < -0.39 is 0 Å². The molecule has 3 rings (SSSR count). The Morgan fingerprint density at radius 2 is 2.00 bits per heavy atom. The second-order valence-electron chi connectivity index (χ2n) is 5.02. The molecule has 0 spiro atoms. The van der Waals surface area contributed by atoms with Crippen LogP contribution in [0.3, 0.4) is 0 Å². The fourth-order valence-corrected chi connectivity index (χ4v) is 2.58. The maximum absolute atomic E-state index is 12.3. The molecule has 3 aromatic rings. The third kappa shape index (κ3) is 1.80. The Kier molecular flexibility index (Phi) is 2.74. The van der Waals surface area contributed by atoms with E-state index in [-0.39, 0.29) is 5.56 Å². The Balaban J connectivity index is 2.57. The van der Waals surface area contributed by atoms with Gasteiger partial charge in [0.05, 0.1) is 16.6 Å². The van der Waals surface area contributed by atoms with Gasteiger partial charge in [-0.05, 0) is 24.1 Å². The fourth-order valence-electron chi connectivity index (χ4n) is 2.23. The number of nitrogens with zero attached hydrogens (tertiary/aromatic N) is 3. The molecular weight excluding hydrogens is 306 g/mol. The molecule has 0 aliphatic heterocycles. The molecular formula is C14H14BrN3O. The number of aromatic nitrogens is 3. The fraction of sp³-hybridized carbons (Fsp3) is 0.286. The molecule has 2 aromatic heterocycles. The van der Waals surface area contributed by atoms with Gasteiger partial charge in [-0.25, -0.2) is 4.52 Å². The van der Waals surface area contributed by atoms with Gasteiger partial charge in [0.1, 0.15) is 5.65 Å². The molecule has 0 radical (unpaired) electrons. The van der Waals surface area contributed by atoms with Crippen LogP contribution in [0.2, 0.25) is 0 Å². The third-order valence-corrected chi connectivity index (χ3v) is 3.86. The van der Waals surface area contributed by atoms with Gasteiger partial charge in [0, 0.05) is 17.6 Å². The van der Waals surface area contributed by atoms with Crippen LogP contribution in [-0.2, 0) is 7.05 Å². The van der Waals surface area contributed by atoms with Crippen LogP contribution in [0, 0.1) is 0 Å². The van der Waals surface area contributed by atoms with Crippen LogP contribution >= 0.6 is 15.9 Å². The van der Waals surface area contributed by atoms with Crippen LogP contribution in [0.25, 0.3) is 16.6 Å². The van der Waals surface area contributed by atoms with E-state index >= 15 is 0 Å². The van der Waals surface area contributed by atoms with Gasteiger partial charge in [-0.2, -0.15) is 5.10 Å². The molecule has 0 aliphatic rings. The van der Waals surface area contributed by atoms with Crippen LogP contribution < -0.4 is 5.56 Å². The molecule has 0 unspecified atom stereocenters. The van der Waals surface area contributed by atoms with Gasteiger partial charge in [-0.3, -0.25) is 9.36 Å². The highest BCUT2D eigenvalue weighted by Gasteiger charge is 2.13. The number of hydrogen-bond donors (Lipinski definition) is 0. The maximum atomic E-state index is 12.3. The highest BCUT2D eigenvalue weighted by atomic mass is 79.9. The zero-order valence-corrected chi connectivity index (χ0v) is 12.6. The summed E-state index contributed by atoms with van der Waals surface area (Å²) < 4.78 is 4.43. The second kappa shape index (κ2) is 4.20. The average Bonchev–Trinajstić information content (AvgIpc) is 2.81. The van der Waals surface area contributed by atoms with Crippen molar-refractivity contribution in [3.63, 3.8) is 0 Å². The molecule has 0 N–H and O–H groups in total. The van der Waals surface area contributed by atoms with Crippen LogP contribution in [0.15, 0.2) is 33.5 Å². The molecule has 98 valence electrons. The average molecular weight is 320 g/mol. The summed E-state index contributed by atoms with van der Waals surface area (Å²) in [5.74, 6) is 0.331. The van der Waals surface area contributed by atoms with Crippen molar-refractivity contribution in [3.8, 4) is 0 Å². The zero-order valence-electron chi connectivity index (χ0n) is 11.0. The van der Waals surface area contributed by atoms with Crippen molar-refractivity contribution >= 4 is 32.5 Å².